The number of nitrogens with zero attached hydrogens (tertiary/aromatic N) is 4. The Kier molecular flexibility index (Phi) is 8.81. The number of benzene rings is 2. The monoisotopic (exact) mass is 544 g/mol. The maximum absolute atomic E-state index is 13.2. The Balaban J connectivity index is 1.37. The van der Waals surface area contributed by atoms with E-state index in [1.807, 2.05) is 43.0 Å². The summed E-state index contributed by atoms with van der Waals surface area (Å²) < 4.78 is 11.7. The smallest absolute Gasteiger partial charge is 0.256 e. The van der Waals surface area contributed by atoms with Gasteiger partial charge >= 0.3 is 0 Å². The molecule has 212 valence electrons. The third-order valence-corrected chi connectivity index (χ3v) is 7.51. The van der Waals surface area contributed by atoms with Crippen molar-refractivity contribution in [1.82, 2.24) is 19.8 Å². The molecule has 2 aliphatic heterocycles. The van der Waals surface area contributed by atoms with Crippen LogP contribution in [0.4, 0.5) is 23.1 Å². The molecule has 9 nitrogen and oxygen atoms in total. The molecule has 0 unspecified atom stereocenters. The number of aromatic nitrogens is 2. The number of nitrogens with one attached hydrogen (secondary N) is 2. The van der Waals surface area contributed by atoms with Gasteiger partial charge in [-0.25, -0.2) is 4.98 Å². The van der Waals surface area contributed by atoms with E-state index in [9.17, 15) is 4.79 Å². The van der Waals surface area contributed by atoms with Crippen LogP contribution in [0, 0.1) is 6.92 Å². The van der Waals surface area contributed by atoms with Crippen LogP contribution in [0.3, 0.4) is 0 Å². The lowest BCUT2D eigenvalue weighted by molar-refractivity contribution is 0.0303. The highest BCUT2D eigenvalue weighted by molar-refractivity contribution is 6.00. The molecule has 3 aromatic rings. The molecule has 2 aromatic carbocycles. The van der Waals surface area contributed by atoms with Gasteiger partial charge < -0.3 is 29.9 Å². The number of morpholine rings is 1. The first-order valence-corrected chi connectivity index (χ1v) is 14.2. The third-order valence-electron chi connectivity index (χ3n) is 7.51. The molecule has 0 saturated carbocycles. The number of rotatable bonds is 8. The molecular weight excluding hydrogens is 504 g/mol. The van der Waals surface area contributed by atoms with Gasteiger partial charge in [0.25, 0.3) is 5.91 Å². The van der Waals surface area contributed by atoms with E-state index in [4.69, 9.17) is 14.5 Å². The number of para-hydroxylation sites is 1. The number of anilines is 4. The number of piperidine rings is 1. The molecule has 0 aliphatic carbocycles. The number of carbonyl (C=O) groups is 1. The average Bonchev–Trinajstić information content (AvgIpc) is 2.95. The highest BCUT2D eigenvalue weighted by Gasteiger charge is 2.23. The largest absolute Gasteiger partial charge is 0.489 e. The first-order valence-electron chi connectivity index (χ1n) is 14.2. The van der Waals surface area contributed by atoms with Crippen LogP contribution in [-0.4, -0.2) is 78.2 Å². The van der Waals surface area contributed by atoms with E-state index in [1.165, 1.54) is 11.1 Å². The Morgan fingerprint density at radius 3 is 2.52 bits per heavy atom. The Morgan fingerprint density at radius 1 is 1.02 bits per heavy atom. The average molecular weight is 545 g/mol. The zero-order chi connectivity index (χ0) is 28.1. The van der Waals surface area contributed by atoms with Gasteiger partial charge in [-0.2, -0.15) is 4.98 Å². The molecule has 0 atom stereocenters. The van der Waals surface area contributed by atoms with E-state index in [1.54, 1.807) is 12.3 Å². The number of ether oxygens (including phenoxy) is 2. The van der Waals surface area contributed by atoms with Gasteiger partial charge in [0.2, 0.25) is 5.95 Å². The number of hydrogen-bond donors (Lipinski definition) is 2. The Labute approximate surface area is 236 Å². The number of likely N-dealkylation sites (tertiary alicyclic amines) is 1. The molecule has 1 aromatic heterocycles. The van der Waals surface area contributed by atoms with E-state index in [2.05, 4.69) is 46.6 Å². The van der Waals surface area contributed by atoms with Crippen LogP contribution in [0.25, 0.3) is 0 Å². The Hall–Kier alpha value is -3.69. The van der Waals surface area contributed by atoms with E-state index in [0.717, 1.165) is 37.4 Å². The summed E-state index contributed by atoms with van der Waals surface area (Å²) in [6, 6.07) is 13.6. The second kappa shape index (κ2) is 12.7. The van der Waals surface area contributed by atoms with Crippen LogP contribution in [0.1, 0.15) is 54.1 Å². The summed E-state index contributed by atoms with van der Waals surface area (Å²) in [6.07, 6.45) is 4.03. The first kappa shape index (κ1) is 27.9. The van der Waals surface area contributed by atoms with Crippen molar-refractivity contribution in [1.29, 1.82) is 0 Å². The summed E-state index contributed by atoms with van der Waals surface area (Å²) in [7, 11) is 2.19. The predicted molar refractivity (Wildman–Crippen MR) is 158 cm³/mol. The van der Waals surface area contributed by atoms with Crippen molar-refractivity contribution in [3.05, 3.63) is 65.4 Å². The van der Waals surface area contributed by atoms with Crippen molar-refractivity contribution in [2.45, 2.75) is 45.6 Å². The highest BCUT2D eigenvalue weighted by Crippen LogP contribution is 2.37. The van der Waals surface area contributed by atoms with Crippen LogP contribution in [0.5, 0.6) is 5.75 Å². The third kappa shape index (κ3) is 6.71. The van der Waals surface area contributed by atoms with Gasteiger partial charge in [-0.15, -0.1) is 0 Å². The van der Waals surface area contributed by atoms with Crippen LogP contribution in [0.2, 0.25) is 0 Å². The summed E-state index contributed by atoms with van der Waals surface area (Å²) in [5.41, 5.74) is 4.73. The van der Waals surface area contributed by atoms with E-state index < -0.39 is 0 Å². The minimum atomic E-state index is -0.0190. The van der Waals surface area contributed by atoms with Crippen molar-refractivity contribution in [2.75, 3.05) is 57.1 Å². The van der Waals surface area contributed by atoms with Gasteiger partial charge in [0, 0.05) is 19.3 Å². The fourth-order valence-electron chi connectivity index (χ4n) is 5.37. The topological polar surface area (TPSA) is 91.9 Å². The summed E-state index contributed by atoms with van der Waals surface area (Å²) in [4.78, 5) is 26.6. The molecule has 3 heterocycles. The fraction of sp³-hybridized carbons (Fsp3) is 0.452. The molecule has 9 heteroatoms. The molecule has 2 saturated heterocycles. The van der Waals surface area contributed by atoms with Crippen LogP contribution in [-0.2, 0) is 4.74 Å². The van der Waals surface area contributed by atoms with Crippen molar-refractivity contribution in [3.8, 4) is 5.75 Å². The van der Waals surface area contributed by atoms with E-state index in [-0.39, 0.29) is 12.0 Å². The molecule has 2 aliphatic rings. The predicted octanol–water partition coefficient (Wildman–Crippen LogP) is 5.34. The van der Waals surface area contributed by atoms with Gasteiger partial charge in [0.15, 0.2) is 0 Å². The van der Waals surface area contributed by atoms with Crippen molar-refractivity contribution >= 4 is 29.0 Å². The maximum Gasteiger partial charge on any atom is 0.256 e. The van der Waals surface area contributed by atoms with Gasteiger partial charge in [0.1, 0.15) is 11.6 Å². The minimum Gasteiger partial charge on any atom is -0.489 e. The van der Waals surface area contributed by atoms with Gasteiger partial charge in [-0.3, -0.25) is 4.79 Å². The van der Waals surface area contributed by atoms with E-state index in [0.29, 0.717) is 55.2 Å². The lowest BCUT2D eigenvalue weighted by Gasteiger charge is -2.30. The number of aryl methyl sites for hydroxylation is 1. The van der Waals surface area contributed by atoms with Crippen molar-refractivity contribution < 1.29 is 14.3 Å². The summed E-state index contributed by atoms with van der Waals surface area (Å²) in [6.45, 7) is 10.8. The normalized spacial score (nSPS) is 16.7. The number of carbonyl (C=O) groups excluding carboxylic acids is 1. The fourth-order valence-corrected chi connectivity index (χ4v) is 5.37. The molecule has 40 heavy (non-hydrogen) atoms. The summed E-state index contributed by atoms with van der Waals surface area (Å²) in [5.74, 6) is 2.35. The van der Waals surface area contributed by atoms with Crippen LogP contribution in [0.15, 0.2) is 48.7 Å². The van der Waals surface area contributed by atoms with E-state index >= 15 is 0 Å². The van der Waals surface area contributed by atoms with Crippen LogP contribution >= 0.6 is 0 Å². The van der Waals surface area contributed by atoms with Gasteiger partial charge in [-0.05, 0) is 101 Å². The van der Waals surface area contributed by atoms with Crippen LogP contribution < -0.4 is 15.4 Å². The minimum absolute atomic E-state index is 0.0190. The Bertz CT molecular complexity index is 1320. The van der Waals surface area contributed by atoms with Crippen molar-refractivity contribution in [3.63, 3.8) is 0 Å². The molecule has 2 N–H and O–H groups in total. The molecule has 5 rings (SSSR count). The van der Waals surface area contributed by atoms with Gasteiger partial charge in [-0.1, -0.05) is 12.1 Å². The quantitative estimate of drug-likeness (QED) is 0.393. The van der Waals surface area contributed by atoms with Crippen molar-refractivity contribution in [2.24, 2.45) is 0 Å². The standard InChI is InChI=1S/C31H40N6O3/c1-21(2)40-28-20-25(23-10-13-36(4)14-11-23)22(3)19-27(28)34-31-32-12-9-29(35-31)33-26-8-6-5-7-24(26)30(38)37-15-17-39-18-16-37/h5-9,12,19-21,23H,10-11,13-18H2,1-4H3,(H2,32,33,34,35). The second-order valence-electron chi connectivity index (χ2n) is 10.9. The van der Waals surface area contributed by atoms with Gasteiger partial charge in [0.05, 0.1) is 36.3 Å². The SMILES string of the molecule is Cc1cc(Nc2nccc(Nc3ccccc3C(=O)N3CCOCC3)n2)c(OC(C)C)cc1C1CCN(C)CC1. The molecule has 0 spiro atoms. The zero-order valence-electron chi connectivity index (χ0n) is 23.9. The maximum atomic E-state index is 13.2. The lowest BCUT2D eigenvalue weighted by atomic mass is 9.86. The molecule has 0 bridgehead atoms. The summed E-state index contributed by atoms with van der Waals surface area (Å²) in [5, 5.41) is 6.71. The summed E-state index contributed by atoms with van der Waals surface area (Å²) >= 11 is 0. The molecule has 1 amide bonds. The number of hydrogen-bond acceptors (Lipinski definition) is 8. The Morgan fingerprint density at radius 2 is 1.77 bits per heavy atom. The second-order valence-corrected chi connectivity index (χ2v) is 10.9. The molecular formula is C31H40N6O3. The molecule has 2 fully saturated rings. The zero-order valence-corrected chi connectivity index (χ0v) is 23.9. The number of amides is 1. The lowest BCUT2D eigenvalue weighted by Crippen LogP contribution is -2.40. The highest BCUT2D eigenvalue weighted by atomic mass is 16.5. The molecule has 0 radical (unpaired) electrons. The first-order chi connectivity index (χ1) is 19.4.